The van der Waals surface area contributed by atoms with Crippen molar-refractivity contribution in [1.82, 2.24) is 5.32 Å². The van der Waals surface area contributed by atoms with Crippen molar-refractivity contribution in [3.05, 3.63) is 12.2 Å². The van der Waals surface area contributed by atoms with Crippen molar-refractivity contribution in [3.8, 4) is 0 Å². The minimum Gasteiger partial charge on any atom is -0.387 e. The van der Waals surface area contributed by atoms with Crippen LogP contribution in [0.4, 0.5) is 0 Å². The van der Waals surface area contributed by atoms with Crippen LogP contribution in [0.25, 0.3) is 0 Å². The SMILES string of the molecule is OC1CCC2CC=CC(O)C2N1. The van der Waals surface area contributed by atoms with Gasteiger partial charge in [0.1, 0.15) is 6.23 Å². The molecule has 1 aliphatic heterocycles. The summed E-state index contributed by atoms with van der Waals surface area (Å²) in [4.78, 5) is 0. The minimum atomic E-state index is -0.424. The number of fused-ring (bicyclic) bond motifs is 1. The minimum absolute atomic E-state index is 0.0683. The van der Waals surface area contributed by atoms with Crippen LogP contribution in [0.15, 0.2) is 12.2 Å². The first-order valence-electron chi connectivity index (χ1n) is 4.56. The van der Waals surface area contributed by atoms with Gasteiger partial charge in [0.2, 0.25) is 0 Å². The van der Waals surface area contributed by atoms with Crippen LogP contribution in [0.2, 0.25) is 0 Å². The Morgan fingerprint density at radius 3 is 2.92 bits per heavy atom. The molecule has 4 atom stereocenters. The second-order valence-corrected chi connectivity index (χ2v) is 3.70. The lowest BCUT2D eigenvalue weighted by atomic mass is 9.81. The maximum atomic E-state index is 9.56. The van der Waals surface area contributed by atoms with Gasteiger partial charge in [-0.1, -0.05) is 12.2 Å². The lowest BCUT2D eigenvalue weighted by molar-refractivity contribution is 0.0163. The number of piperidine rings is 1. The summed E-state index contributed by atoms with van der Waals surface area (Å²) in [7, 11) is 0. The molecule has 0 radical (unpaired) electrons. The van der Waals surface area contributed by atoms with Crippen LogP contribution in [0.5, 0.6) is 0 Å². The van der Waals surface area contributed by atoms with Crippen LogP contribution in [0.3, 0.4) is 0 Å². The first-order valence-corrected chi connectivity index (χ1v) is 4.56. The second kappa shape index (κ2) is 3.17. The molecule has 1 fully saturated rings. The van der Waals surface area contributed by atoms with Crippen LogP contribution in [0.1, 0.15) is 19.3 Å². The Kier molecular flexibility index (Phi) is 2.17. The highest BCUT2D eigenvalue weighted by Gasteiger charge is 2.33. The van der Waals surface area contributed by atoms with Crippen molar-refractivity contribution in [2.45, 2.75) is 37.6 Å². The fraction of sp³-hybridized carbons (Fsp3) is 0.778. The lowest BCUT2D eigenvalue weighted by Crippen LogP contribution is -2.54. The van der Waals surface area contributed by atoms with Crippen molar-refractivity contribution < 1.29 is 10.2 Å². The number of rotatable bonds is 0. The standard InChI is InChI=1S/C9H15NO2/c11-7-3-1-2-6-4-5-8(12)10-9(6)7/h1,3,6-12H,2,4-5H2. The van der Waals surface area contributed by atoms with E-state index < -0.39 is 12.3 Å². The highest BCUT2D eigenvalue weighted by Crippen LogP contribution is 2.28. The third-order valence-electron chi connectivity index (χ3n) is 2.84. The predicted octanol–water partition coefficient (Wildman–Crippen LogP) is -0.00620. The summed E-state index contributed by atoms with van der Waals surface area (Å²) in [6.07, 6.45) is 5.85. The second-order valence-electron chi connectivity index (χ2n) is 3.70. The summed E-state index contributed by atoms with van der Waals surface area (Å²) < 4.78 is 0. The monoisotopic (exact) mass is 169 g/mol. The molecule has 1 saturated heterocycles. The van der Waals surface area contributed by atoms with Gasteiger partial charge in [-0.05, 0) is 25.2 Å². The van der Waals surface area contributed by atoms with E-state index in [0.29, 0.717) is 5.92 Å². The molecule has 0 saturated carbocycles. The van der Waals surface area contributed by atoms with Crippen LogP contribution >= 0.6 is 0 Å². The molecule has 3 heteroatoms. The van der Waals surface area contributed by atoms with Crippen molar-refractivity contribution in [2.75, 3.05) is 0 Å². The third kappa shape index (κ3) is 1.40. The van der Waals surface area contributed by atoms with Crippen molar-refractivity contribution in [1.29, 1.82) is 0 Å². The van der Waals surface area contributed by atoms with E-state index in [9.17, 15) is 10.2 Å². The maximum absolute atomic E-state index is 9.56. The number of hydrogen-bond donors (Lipinski definition) is 3. The van der Waals surface area contributed by atoms with Crippen LogP contribution < -0.4 is 5.32 Å². The predicted molar refractivity (Wildman–Crippen MR) is 45.4 cm³/mol. The van der Waals surface area contributed by atoms with E-state index >= 15 is 0 Å². The summed E-state index contributed by atoms with van der Waals surface area (Å²) in [5, 5.41) is 21.9. The Labute approximate surface area is 72.1 Å². The van der Waals surface area contributed by atoms with Crippen LogP contribution in [-0.4, -0.2) is 28.6 Å². The summed E-state index contributed by atoms with van der Waals surface area (Å²) in [5.41, 5.74) is 0. The number of hydrogen-bond acceptors (Lipinski definition) is 3. The molecule has 1 aliphatic carbocycles. The van der Waals surface area contributed by atoms with Gasteiger partial charge in [-0.25, -0.2) is 0 Å². The van der Waals surface area contributed by atoms with Gasteiger partial charge >= 0.3 is 0 Å². The highest BCUT2D eigenvalue weighted by atomic mass is 16.3. The molecule has 1 heterocycles. The Bertz CT molecular complexity index is 193. The Morgan fingerprint density at radius 1 is 1.25 bits per heavy atom. The van der Waals surface area contributed by atoms with Gasteiger partial charge in [-0.2, -0.15) is 0 Å². The summed E-state index contributed by atoms with van der Waals surface area (Å²) >= 11 is 0. The molecule has 0 aromatic heterocycles. The lowest BCUT2D eigenvalue weighted by Gasteiger charge is -2.39. The molecule has 0 amide bonds. The van der Waals surface area contributed by atoms with Gasteiger partial charge in [0.05, 0.1) is 6.10 Å². The van der Waals surface area contributed by atoms with E-state index in [1.807, 2.05) is 12.2 Å². The Hall–Kier alpha value is -0.380. The van der Waals surface area contributed by atoms with Gasteiger partial charge in [-0.3, -0.25) is 5.32 Å². The van der Waals surface area contributed by atoms with Crippen molar-refractivity contribution in [3.63, 3.8) is 0 Å². The van der Waals surface area contributed by atoms with E-state index in [1.165, 1.54) is 0 Å². The van der Waals surface area contributed by atoms with E-state index in [-0.39, 0.29) is 6.04 Å². The molecule has 0 spiro atoms. The van der Waals surface area contributed by atoms with E-state index in [1.54, 1.807) is 0 Å². The highest BCUT2D eigenvalue weighted by molar-refractivity contribution is 5.06. The van der Waals surface area contributed by atoms with Crippen molar-refractivity contribution >= 4 is 0 Å². The largest absolute Gasteiger partial charge is 0.387 e. The molecule has 0 aromatic carbocycles. The Morgan fingerprint density at radius 2 is 2.08 bits per heavy atom. The topological polar surface area (TPSA) is 52.5 Å². The zero-order chi connectivity index (χ0) is 8.55. The number of nitrogens with one attached hydrogen (secondary N) is 1. The molecule has 12 heavy (non-hydrogen) atoms. The average Bonchev–Trinajstić information content (AvgIpc) is 2.07. The first-order chi connectivity index (χ1) is 5.77. The summed E-state index contributed by atoms with van der Waals surface area (Å²) in [5.74, 6) is 0.508. The van der Waals surface area contributed by atoms with Gasteiger partial charge in [0.15, 0.2) is 0 Å². The van der Waals surface area contributed by atoms with Crippen LogP contribution in [-0.2, 0) is 0 Å². The molecule has 3 N–H and O–H groups in total. The van der Waals surface area contributed by atoms with Gasteiger partial charge in [0.25, 0.3) is 0 Å². The van der Waals surface area contributed by atoms with E-state index in [0.717, 1.165) is 19.3 Å². The maximum Gasteiger partial charge on any atom is 0.105 e. The van der Waals surface area contributed by atoms with E-state index in [4.69, 9.17) is 0 Å². The van der Waals surface area contributed by atoms with Gasteiger partial charge in [0, 0.05) is 6.04 Å². The molecule has 0 bridgehead atoms. The Balaban J connectivity index is 2.07. The zero-order valence-electron chi connectivity index (χ0n) is 6.98. The molecular formula is C9H15NO2. The zero-order valence-corrected chi connectivity index (χ0v) is 6.98. The van der Waals surface area contributed by atoms with Gasteiger partial charge < -0.3 is 10.2 Å². The first kappa shape index (κ1) is 8.23. The quantitative estimate of drug-likeness (QED) is 0.447. The van der Waals surface area contributed by atoms with E-state index in [2.05, 4.69) is 5.32 Å². The van der Waals surface area contributed by atoms with Crippen LogP contribution in [0, 0.1) is 5.92 Å². The fourth-order valence-electron chi connectivity index (χ4n) is 2.15. The molecule has 2 aliphatic rings. The summed E-state index contributed by atoms with van der Waals surface area (Å²) in [6.45, 7) is 0. The number of aliphatic hydroxyl groups is 2. The molecule has 2 rings (SSSR count). The molecular weight excluding hydrogens is 154 g/mol. The normalized spacial score (nSPS) is 47.2. The molecule has 0 aromatic rings. The summed E-state index contributed by atoms with van der Waals surface area (Å²) in [6, 6.07) is 0.0683. The smallest absolute Gasteiger partial charge is 0.105 e. The third-order valence-corrected chi connectivity index (χ3v) is 2.84. The average molecular weight is 169 g/mol. The van der Waals surface area contributed by atoms with Gasteiger partial charge in [-0.15, -0.1) is 0 Å². The number of aliphatic hydroxyl groups excluding tert-OH is 2. The number of allylic oxidation sites excluding steroid dienone is 1. The van der Waals surface area contributed by atoms with Crippen molar-refractivity contribution in [2.24, 2.45) is 5.92 Å². The molecule has 3 nitrogen and oxygen atoms in total. The fourth-order valence-corrected chi connectivity index (χ4v) is 2.15. The molecule has 68 valence electrons. The molecule has 4 unspecified atom stereocenters.